The van der Waals surface area contributed by atoms with E-state index in [2.05, 4.69) is 23.5 Å². The molecule has 0 radical (unpaired) electrons. The lowest BCUT2D eigenvalue weighted by atomic mass is 9.91. The van der Waals surface area contributed by atoms with Gasteiger partial charge < -0.3 is 14.2 Å². The van der Waals surface area contributed by atoms with Gasteiger partial charge in [0.25, 0.3) is 0 Å². The lowest BCUT2D eigenvalue weighted by Crippen LogP contribution is -2.45. The third-order valence-electron chi connectivity index (χ3n) is 4.09. The summed E-state index contributed by atoms with van der Waals surface area (Å²) in [6, 6.07) is 7.76. The van der Waals surface area contributed by atoms with Gasteiger partial charge in [-0.05, 0) is 35.6 Å². The molecule has 1 fully saturated rings. The molecule has 1 saturated heterocycles. The van der Waals surface area contributed by atoms with Crippen molar-refractivity contribution < 1.29 is 14.2 Å². The molecule has 0 amide bonds. The molecule has 0 aromatic heterocycles. The summed E-state index contributed by atoms with van der Waals surface area (Å²) in [7, 11) is 1.64. The first-order valence-corrected chi connectivity index (χ1v) is 7.71. The van der Waals surface area contributed by atoms with Gasteiger partial charge in [0, 0.05) is 4.91 Å². The second-order valence-electron chi connectivity index (χ2n) is 5.70. The molecule has 124 valence electrons. The van der Waals surface area contributed by atoms with E-state index in [-0.39, 0.29) is 24.9 Å². The minimum absolute atomic E-state index is 0.0327. The number of rotatable bonds is 7. The molecule has 0 spiro atoms. The van der Waals surface area contributed by atoms with Crippen LogP contribution < -0.4 is 4.74 Å². The van der Waals surface area contributed by atoms with E-state index in [0.717, 1.165) is 17.7 Å². The smallest absolute Gasteiger partial charge is 0.118 e. The molecule has 0 aliphatic carbocycles. The van der Waals surface area contributed by atoms with E-state index in [1.807, 2.05) is 24.3 Å². The quantitative estimate of drug-likeness (QED) is 0.331. The minimum Gasteiger partial charge on any atom is -0.497 e. The van der Waals surface area contributed by atoms with Crippen LogP contribution in [0.15, 0.2) is 42.0 Å². The van der Waals surface area contributed by atoms with Crippen molar-refractivity contribution in [3.63, 3.8) is 0 Å². The average molecular weight is 317 g/mol. The number of nitrogens with zero attached hydrogens (tertiary/aromatic N) is 3. The van der Waals surface area contributed by atoms with Crippen LogP contribution in [0, 0.1) is 5.92 Å². The monoisotopic (exact) mass is 317 g/mol. The van der Waals surface area contributed by atoms with Crippen LogP contribution in [-0.2, 0) is 16.1 Å². The third-order valence-corrected chi connectivity index (χ3v) is 4.09. The summed E-state index contributed by atoms with van der Waals surface area (Å²) in [5.74, 6) is 1.13. The van der Waals surface area contributed by atoms with Gasteiger partial charge in [-0.25, -0.2) is 0 Å². The number of azide groups is 1. The molecule has 0 unspecified atom stereocenters. The molecule has 1 heterocycles. The molecule has 0 saturated carbocycles. The molecule has 6 nitrogen and oxygen atoms in total. The van der Waals surface area contributed by atoms with Crippen molar-refractivity contribution in [1.82, 2.24) is 0 Å². The van der Waals surface area contributed by atoms with E-state index >= 15 is 0 Å². The van der Waals surface area contributed by atoms with Crippen LogP contribution in [0.25, 0.3) is 10.4 Å². The maximum Gasteiger partial charge on any atom is 0.118 e. The molecule has 2 rings (SSSR count). The van der Waals surface area contributed by atoms with Gasteiger partial charge in [0.1, 0.15) is 5.75 Å². The van der Waals surface area contributed by atoms with Crippen LogP contribution in [-0.4, -0.2) is 32.0 Å². The fraction of sp³-hybridized carbons (Fsp3) is 0.529. The Balaban J connectivity index is 1.98. The van der Waals surface area contributed by atoms with E-state index in [0.29, 0.717) is 12.5 Å². The topological polar surface area (TPSA) is 76.5 Å². The van der Waals surface area contributed by atoms with Crippen molar-refractivity contribution in [3.8, 4) is 5.75 Å². The largest absolute Gasteiger partial charge is 0.497 e. The van der Waals surface area contributed by atoms with Crippen LogP contribution in [0.5, 0.6) is 5.75 Å². The Kier molecular flexibility index (Phi) is 6.47. The maximum atomic E-state index is 8.55. The van der Waals surface area contributed by atoms with Gasteiger partial charge in [-0.15, -0.1) is 6.58 Å². The standard InChI is InChI=1S/C17H23N3O3/c1-4-15-12(2)9-16(17(23-15)10-19-20-18)22-11-13-5-7-14(21-3)8-6-13/h4-8,12,15-17H,1,9-11H2,2-3H3/t12-,15-,16-,17+/m0/s1. The van der Waals surface area contributed by atoms with Crippen LogP contribution >= 0.6 is 0 Å². The Bertz CT molecular complexity index is 555. The zero-order valence-corrected chi connectivity index (χ0v) is 13.6. The van der Waals surface area contributed by atoms with E-state index in [4.69, 9.17) is 19.7 Å². The number of hydrogen-bond donors (Lipinski definition) is 0. The van der Waals surface area contributed by atoms with Crippen LogP contribution in [0.4, 0.5) is 0 Å². The van der Waals surface area contributed by atoms with Crippen molar-refractivity contribution >= 4 is 0 Å². The highest BCUT2D eigenvalue weighted by molar-refractivity contribution is 5.26. The zero-order chi connectivity index (χ0) is 16.7. The van der Waals surface area contributed by atoms with Crippen molar-refractivity contribution in [1.29, 1.82) is 0 Å². The Morgan fingerprint density at radius 3 is 2.78 bits per heavy atom. The van der Waals surface area contributed by atoms with Crippen molar-refractivity contribution in [3.05, 3.63) is 52.9 Å². The van der Waals surface area contributed by atoms with Crippen LogP contribution in [0.3, 0.4) is 0 Å². The lowest BCUT2D eigenvalue weighted by Gasteiger charge is -2.38. The molecule has 4 atom stereocenters. The summed E-state index contributed by atoms with van der Waals surface area (Å²) in [6.45, 7) is 6.66. The molecular formula is C17H23N3O3. The number of benzene rings is 1. The molecule has 0 bridgehead atoms. The highest BCUT2D eigenvalue weighted by Crippen LogP contribution is 2.29. The number of ether oxygens (including phenoxy) is 3. The summed E-state index contributed by atoms with van der Waals surface area (Å²) in [5, 5.41) is 3.64. The normalized spacial score (nSPS) is 27.0. The van der Waals surface area contributed by atoms with Crippen molar-refractivity contribution in [2.75, 3.05) is 13.7 Å². The van der Waals surface area contributed by atoms with Crippen LogP contribution in [0.1, 0.15) is 18.9 Å². The van der Waals surface area contributed by atoms with Gasteiger partial charge in [0.05, 0.1) is 38.6 Å². The van der Waals surface area contributed by atoms with Gasteiger partial charge in [-0.3, -0.25) is 0 Å². The minimum atomic E-state index is -0.247. The van der Waals surface area contributed by atoms with E-state index < -0.39 is 0 Å². The summed E-state index contributed by atoms with van der Waals surface area (Å²) >= 11 is 0. The van der Waals surface area contributed by atoms with Gasteiger partial charge in [-0.2, -0.15) is 0 Å². The van der Waals surface area contributed by atoms with Crippen molar-refractivity contribution in [2.45, 2.75) is 38.3 Å². The third kappa shape index (κ3) is 4.73. The van der Waals surface area contributed by atoms with Crippen LogP contribution in [0.2, 0.25) is 0 Å². The number of hydrogen-bond acceptors (Lipinski definition) is 4. The summed E-state index contributed by atoms with van der Waals surface area (Å²) in [4.78, 5) is 2.82. The Labute approximate surface area is 136 Å². The first-order chi connectivity index (χ1) is 11.2. The molecule has 23 heavy (non-hydrogen) atoms. The predicted octanol–water partition coefficient (Wildman–Crippen LogP) is 3.87. The van der Waals surface area contributed by atoms with Gasteiger partial charge in [-0.1, -0.05) is 30.2 Å². The summed E-state index contributed by atoms with van der Waals surface area (Å²) in [5.41, 5.74) is 9.61. The maximum absolute atomic E-state index is 8.55. The van der Waals surface area contributed by atoms with Crippen molar-refractivity contribution in [2.24, 2.45) is 11.0 Å². The van der Waals surface area contributed by atoms with Gasteiger partial charge in [0.15, 0.2) is 0 Å². The molecule has 1 aliphatic heterocycles. The SMILES string of the molecule is C=C[C@@H]1O[C@H](CN=[N+]=[N-])[C@@H](OCc2ccc(OC)cc2)C[C@@H]1C. The first kappa shape index (κ1) is 17.3. The fourth-order valence-electron chi connectivity index (χ4n) is 2.74. The summed E-state index contributed by atoms with van der Waals surface area (Å²) in [6.07, 6.45) is 2.26. The second kappa shape index (κ2) is 8.58. The second-order valence-corrected chi connectivity index (χ2v) is 5.70. The lowest BCUT2D eigenvalue weighted by molar-refractivity contribution is -0.146. The molecule has 1 aliphatic rings. The molecule has 1 aromatic rings. The first-order valence-electron chi connectivity index (χ1n) is 7.71. The highest BCUT2D eigenvalue weighted by Gasteiger charge is 2.34. The Morgan fingerprint density at radius 2 is 2.17 bits per heavy atom. The average Bonchev–Trinajstić information content (AvgIpc) is 2.59. The molecular weight excluding hydrogens is 294 g/mol. The summed E-state index contributed by atoms with van der Waals surface area (Å²) < 4.78 is 17.1. The Morgan fingerprint density at radius 1 is 1.43 bits per heavy atom. The van der Waals surface area contributed by atoms with Gasteiger partial charge in [0.2, 0.25) is 0 Å². The highest BCUT2D eigenvalue weighted by atomic mass is 16.5. The predicted molar refractivity (Wildman–Crippen MR) is 88.2 cm³/mol. The Hall–Kier alpha value is -2.01. The van der Waals surface area contributed by atoms with E-state index in [1.54, 1.807) is 13.2 Å². The van der Waals surface area contributed by atoms with Gasteiger partial charge >= 0.3 is 0 Å². The van der Waals surface area contributed by atoms with E-state index in [9.17, 15) is 0 Å². The molecule has 6 heteroatoms. The molecule has 0 N–H and O–H groups in total. The van der Waals surface area contributed by atoms with E-state index in [1.165, 1.54) is 0 Å². The number of methoxy groups -OCH3 is 1. The molecule has 1 aromatic carbocycles. The fourth-order valence-corrected chi connectivity index (χ4v) is 2.74. The zero-order valence-electron chi connectivity index (χ0n) is 13.6.